The zero-order chi connectivity index (χ0) is 19.6. The van der Waals surface area contributed by atoms with Gasteiger partial charge in [0, 0.05) is 11.1 Å². The molecule has 142 valence electrons. The van der Waals surface area contributed by atoms with Crippen LogP contribution in [0.3, 0.4) is 0 Å². The number of aromatic nitrogens is 2. The fourth-order valence-corrected chi connectivity index (χ4v) is 3.98. The molecule has 0 saturated carbocycles. The Morgan fingerprint density at radius 1 is 0.786 bits per heavy atom. The van der Waals surface area contributed by atoms with Crippen LogP contribution in [0.2, 0.25) is 0 Å². The minimum Gasteiger partial charge on any atom is -0.444 e. The molecule has 0 atom stereocenters. The third kappa shape index (κ3) is 4.17. The van der Waals surface area contributed by atoms with Gasteiger partial charge >= 0.3 is 0 Å². The van der Waals surface area contributed by atoms with Crippen molar-refractivity contribution in [1.29, 1.82) is 0 Å². The predicted molar refractivity (Wildman–Crippen MR) is 100 cm³/mol. The van der Waals surface area contributed by atoms with E-state index in [0.29, 0.717) is 17.1 Å². The van der Waals surface area contributed by atoms with Crippen LogP contribution in [0.1, 0.15) is 11.4 Å². The van der Waals surface area contributed by atoms with E-state index in [4.69, 9.17) is 8.83 Å². The van der Waals surface area contributed by atoms with E-state index in [1.807, 2.05) is 30.3 Å². The second-order valence-electron chi connectivity index (χ2n) is 6.20. The van der Waals surface area contributed by atoms with Crippen LogP contribution in [0.15, 0.2) is 76.0 Å². The second-order valence-corrected chi connectivity index (χ2v) is 8.26. The smallest absolute Gasteiger partial charge is 0.226 e. The lowest BCUT2D eigenvalue weighted by Crippen LogP contribution is -2.08. The number of hydrogen-bond donors (Lipinski definition) is 0. The summed E-state index contributed by atoms with van der Waals surface area (Å²) in [6, 6.07) is 14.9. The van der Waals surface area contributed by atoms with Gasteiger partial charge in [0.15, 0.2) is 9.84 Å². The molecule has 0 fully saturated rings. The van der Waals surface area contributed by atoms with Gasteiger partial charge in [0.1, 0.15) is 18.3 Å². The van der Waals surface area contributed by atoms with Gasteiger partial charge in [0.2, 0.25) is 11.8 Å². The van der Waals surface area contributed by atoms with Gasteiger partial charge in [-0.25, -0.2) is 22.8 Å². The summed E-state index contributed by atoms with van der Waals surface area (Å²) in [7, 11) is -3.55. The van der Waals surface area contributed by atoms with Crippen molar-refractivity contribution in [2.24, 2.45) is 0 Å². The molecule has 0 saturated heterocycles. The fourth-order valence-electron chi connectivity index (χ4n) is 2.72. The van der Waals surface area contributed by atoms with Crippen molar-refractivity contribution in [3.05, 3.63) is 84.3 Å². The third-order valence-corrected chi connectivity index (χ3v) is 5.40. The van der Waals surface area contributed by atoms with Gasteiger partial charge in [-0.1, -0.05) is 24.3 Å². The zero-order valence-electron chi connectivity index (χ0n) is 14.6. The first-order valence-electron chi connectivity index (χ1n) is 8.39. The van der Waals surface area contributed by atoms with Crippen molar-refractivity contribution in [2.75, 3.05) is 0 Å². The molecule has 0 aliphatic heterocycles. The molecule has 2 heterocycles. The topological polar surface area (TPSA) is 86.2 Å². The molecule has 8 heteroatoms. The highest BCUT2D eigenvalue weighted by Crippen LogP contribution is 2.22. The quantitative estimate of drug-likeness (QED) is 0.483. The third-order valence-electron chi connectivity index (χ3n) is 3.93. The maximum absolute atomic E-state index is 13.3. The minimum atomic E-state index is -3.55. The van der Waals surface area contributed by atoms with Crippen molar-refractivity contribution >= 4 is 9.84 Å². The summed E-state index contributed by atoms with van der Waals surface area (Å²) < 4.78 is 49.0. The SMILES string of the molecule is O=S(=O)(Cc1coc(-c2ccccc2)n1)Cc1coc(-c2cccc(F)c2)n1. The molecular formula is C20H15FN2O4S. The lowest BCUT2D eigenvalue weighted by Gasteiger charge is -1.99. The van der Waals surface area contributed by atoms with E-state index in [2.05, 4.69) is 9.97 Å². The Hall–Kier alpha value is -3.26. The van der Waals surface area contributed by atoms with Crippen LogP contribution in [-0.2, 0) is 21.3 Å². The molecule has 2 aromatic heterocycles. The maximum Gasteiger partial charge on any atom is 0.226 e. The molecule has 0 spiro atoms. The summed E-state index contributed by atoms with van der Waals surface area (Å²) in [6.07, 6.45) is 2.59. The number of oxazole rings is 2. The van der Waals surface area contributed by atoms with Crippen LogP contribution in [0.4, 0.5) is 4.39 Å². The minimum absolute atomic E-state index is 0.164. The molecule has 6 nitrogen and oxygen atoms in total. The Morgan fingerprint density at radius 3 is 1.96 bits per heavy atom. The van der Waals surface area contributed by atoms with Gasteiger partial charge in [0.25, 0.3) is 0 Å². The first-order chi connectivity index (χ1) is 13.5. The summed E-state index contributed by atoms with van der Waals surface area (Å²) in [6.45, 7) is 0. The van der Waals surface area contributed by atoms with Crippen LogP contribution >= 0.6 is 0 Å². The number of halogens is 1. The van der Waals surface area contributed by atoms with E-state index in [1.54, 1.807) is 6.07 Å². The Bertz CT molecular complexity index is 1200. The Labute approximate surface area is 160 Å². The normalized spacial score (nSPS) is 11.6. The Morgan fingerprint density at radius 2 is 1.36 bits per heavy atom. The number of benzene rings is 2. The van der Waals surface area contributed by atoms with Gasteiger partial charge < -0.3 is 8.83 Å². The fraction of sp³-hybridized carbons (Fsp3) is 0.100. The second kappa shape index (κ2) is 7.40. The molecule has 0 aliphatic rings. The van der Waals surface area contributed by atoms with Crippen LogP contribution < -0.4 is 0 Å². The average Bonchev–Trinajstić information content (AvgIpc) is 3.31. The molecule has 4 rings (SSSR count). The largest absolute Gasteiger partial charge is 0.444 e. The van der Waals surface area contributed by atoms with E-state index in [1.165, 1.54) is 30.7 Å². The number of nitrogens with zero attached hydrogens (tertiary/aromatic N) is 2. The molecule has 0 amide bonds. The van der Waals surface area contributed by atoms with Crippen LogP contribution in [0, 0.1) is 5.82 Å². The average molecular weight is 398 g/mol. The number of hydrogen-bond acceptors (Lipinski definition) is 6. The van der Waals surface area contributed by atoms with Crippen molar-refractivity contribution in [3.63, 3.8) is 0 Å². The Balaban J connectivity index is 1.47. The van der Waals surface area contributed by atoms with Crippen LogP contribution in [-0.4, -0.2) is 18.4 Å². The number of sulfone groups is 1. The molecule has 2 aromatic carbocycles. The van der Waals surface area contributed by atoms with Gasteiger partial charge in [0.05, 0.1) is 22.9 Å². The van der Waals surface area contributed by atoms with Gasteiger partial charge in [-0.05, 0) is 30.3 Å². The van der Waals surface area contributed by atoms with E-state index < -0.39 is 15.7 Å². The van der Waals surface area contributed by atoms with Crippen molar-refractivity contribution in [3.8, 4) is 22.9 Å². The molecule has 0 radical (unpaired) electrons. The summed E-state index contributed by atoms with van der Waals surface area (Å²) in [5.41, 5.74) is 1.76. The molecule has 4 aromatic rings. The van der Waals surface area contributed by atoms with E-state index in [-0.39, 0.29) is 23.1 Å². The number of rotatable bonds is 6. The van der Waals surface area contributed by atoms with E-state index >= 15 is 0 Å². The monoisotopic (exact) mass is 398 g/mol. The molecular weight excluding hydrogens is 383 g/mol. The van der Waals surface area contributed by atoms with Crippen molar-refractivity contribution < 1.29 is 21.6 Å². The highest BCUT2D eigenvalue weighted by molar-refractivity contribution is 7.89. The highest BCUT2D eigenvalue weighted by atomic mass is 32.2. The predicted octanol–water partition coefficient (Wildman–Crippen LogP) is 4.25. The summed E-state index contributed by atoms with van der Waals surface area (Å²) in [4.78, 5) is 8.38. The van der Waals surface area contributed by atoms with Gasteiger partial charge in [-0.15, -0.1) is 0 Å². The first-order valence-corrected chi connectivity index (χ1v) is 10.2. The maximum atomic E-state index is 13.3. The van der Waals surface area contributed by atoms with Crippen LogP contribution in [0.25, 0.3) is 22.9 Å². The van der Waals surface area contributed by atoms with E-state index in [0.717, 1.165) is 5.56 Å². The molecule has 0 aliphatic carbocycles. The molecule has 0 N–H and O–H groups in total. The van der Waals surface area contributed by atoms with Crippen molar-refractivity contribution in [2.45, 2.75) is 11.5 Å². The summed E-state index contributed by atoms with van der Waals surface area (Å²) in [5, 5.41) is 0. The molecule has 0 bridgehead atoms. The lowest BCUT2D eigenvalue weighted by molar-refractivity contribution is 0.569. The van der Waals surface area contributed by atoms with E-state index in [9.17, 15) is 12.8 Å². The Kier molecular flexibility index (Phi) is 4.79. The van der Waals surface area contributed by atoms with Gasteiger partial charge in [-0.2, -0.15) is 0 Å². The molecule has 0 unspecified atom stereocenters. The summed E-state index contributed by atoms with van der Waals surface area (Å²) >= 11 is 0. The zero-order valence-corrected chi connectivity index (χ0v) is 15.4. The van der Waals surface area contributed by atoms with Crippen molar-refractivity contribution in [1.82, 2.24) is 9.97 Å². The van der Waals surface area contributed by atoms with Gasteiger partial charge in [-0.3, -0.25) is 0 Å². The standard InChI is InChI=1S/C20H15FN2O4S/c21-16-8-4-7-15(9-16)20-23-18(11-27-20)13-28(24,25)12-17-10-26-19(22-17)14-5-2-1-3-6-14/h1-11H,12-13H2. The summed E-state index contributed by atoms with van der Waals surface area (Å²) in [5.74, 6) is -0.506. The van der Waals surface area contributed by atoms with Crippen LogP contribution in [0.5, 0.6) is 0 Å². The first kappa shape index (κ1) is 18.1. The molecule has 28 heavy (non-hydrogen) atoms. The lowest BCUT2D eigenvalue weighted by atomic mass is 10.2. The highest BCUT2D eigenvalue weighted by Gasteiger charge is 2.19.